The summed E-state index contributed by atoms with van der Waals surface area (Å²) in [6.07, 6.45) is 3.10. The van der Waals surface area contributed by atoms with Crippen LogP contribution in [0.15, 0.2) is 35.4 Å². The van der Waals surface area contributed by atoms with Gasteiger partial charge in [0.25, 0.3) is 5.91 Å². The maximum absolute atomic E-state index is 12.4. The summed E-state index contributed by atoms with van der Waals surface area (Å²) in [5, 5.41) is 9.64. The van der Waals surface area contributed by atoms with E-state index in [1.807, 2.05) is 35.6 Å². The summed E-state index contributed by atoms with van der Waals surface area (Å²) in [6, 6.07) is 8.58. The van der Waals surface area contributed by atoms with Crippen LogP contribution in [0.3, 0.4) is 0 Å². The second kappa shape index (κ2) is 13.4. The van der Waals surface area contributed by atoms with Gasteiger partial charge in [-0.3, -0.25) is 14.4 Å². The van der Waals surface area contributed by atoms with Gasteiger partial charge in [0.15, 0.2) is 18.1 Å². The van der Waals surface area contributed by atoms with Gasteiger partial charge in [-0.15, -0.1) is 0 Å². The molecule has 3 N–H and O–H groups in total. The number of hydrogen-bond acceptors (Lipinski definition) is 7. The number of carbonyl (C=O) groups is 3. The van der Waals surface area contributed by atoms with Crippen molar-refractivity contribution in [3.8, 4) is 11.5 Å². The number of hydrogen-bond donors (Lipinski definition) is 3. The third kappa shape index (κ3) is 8.07. The van der Waals surface area contributed by atoms with Crippen LogP contribution >= 0.6 is 34.2 Å². The predicted molar refractivity (Wildman–Crippen MR) is 144 cm³/mol. The normalized spacial score (nSPS) is 14.9. The molecule has 0 spiro atoms. The minimum absolute atomic E-state index is 0.0625. The summed E-state index contributed by atoms with van der Waals surface area (Å²) in [5.41, 5.74) is 4.25. The number of carbonyl (C=O) groups excluding carboxylic acids is 3. The van der Waals surface area contributed by atoms with Crippen LogP contribution in [0.5, 0.6) is 11.5 Å². The van der Waals surface area contributed by atoms with Crippen LogP contribution in [-0.4, -0.2) is 56.9 Å². The van der Waals surface area contributed by atoms with Gasteiger partial charge in [-0.2, -0.15) is 5.10 Å². The van der Waals surface area contributed by atoms with Gasteiger partial charge in [0.2, 0.25) is 0 Å². The van der Waals surface area contributed by atoms with E-state index in [1.54, 1.807) is 24.3 Å². The van der Waals surface area contributed by atoms with Crippen molar-refractivity contribution in [2.24, 2.45) is 5.10 Å². The fraction of sp³-hybridized carbons (Fsp3) is 0.333. The number of rotatable bonds is 9. The first-order valence-corrected chi connectivity index (χ1v) is 12.5. The van der Waals surface area contributed by atoms with E-state index in [9.17, 15) is 14.4 Å². The van der Waals surface area contributed by atoms with Gasteiger partial charge in [-0.05, 0) is 77.7 Å². The van der Waals surface area contributed by atoms with Crippen LogP contribution in [0.1, 0.15) is 24.0 Å². The number of aryl methyl sites for hydroxylation is 1. The summed E-state index contributed by atoms with van der Waals surface area (Å²) < 4.78 is 17.2. The lowest BCUT2D eigenvalue weighted by Crippen LogP contribution is -2.41. The molecule has 0 unspecified atom stereocenters. The van der Waals surface area contributed by atoms with Gasteiger partial charge in [-0.1, -0.05) is 17.7 Å². The van der Waals surface area contributed by atoms with Gasteiger partial charge in [0.1, 0.15) is 0 Å². The van der Waals surface area contributed by atoms with Crippen molar-refractivity contribution in [3.63, 3.8) is 0 Å². The van der Waals surface area contributed by atoms with Crippen LogP contribution in [0, 0.1) is 10.5 Å². The number of anilines is 1. The van der Waals surface area contributed by atoms with Crippen molar-refractivity contribution in [3.05, 3.63) is 50.1 Å². The zero-order valence-corrected chi connectivity index (χ0v) is 22.6. The molecule has 2 aromatic carbocycles. The van der Waals surface area contributed by atoms with Gasteiger partial charge < -0.3 is 24.8 Å². The number of amides is 3. The molecule has 192 valence electrons. The molecule has 3 amide bonds. The molecule has 10 nitrogen and oxygen atoms in total. The van der Waals surface area contributed by atoms with E-state index >= 15 is 0 Å². The molecule has 0 bridgehead atoms. The molecule has 36 heavy (non-hydrogen) atoms. The molecule has 12 heteroatoms. The van der Waals surface area contributed by atoms with E-state index < -0.39 is 11.8 Å². The summed E-state index contributed by atoms with van der Waals surface area (Å²) in [6.45, 7) is 2.56. The Labute approximate surface area is 227 Å². The third-order valence-electron chi connectivity index (χ3n) is 5.17. The molecule has 1 heterocycles. The summed E-state index contributed by atoms with van der Waals surface area (Å²) in [5.74, 6) is -1.28. The zero-order chi connectivity index (χ0) is 26.1. The Hall–Kier alpha value is -2.90. The zero-order valence-electron chi connectivity index (χ0n) is 19.7. The Morgan fingerprint density at radius 3 is 2.78 bits per heavy atom. The summed E-state index contributed by atoms with van der Waals surface area (Å²) >= 11 is 8.04. The van der Waals surface area contributed by atoms with Crippen LogP contribution in [0.4, 0.5) is 5.69 Å². The van der Waals surface area contributed by atoms with Crippen molar-refractivity contribution < 1.29 is 28.6 Å². The first kappa shape index (κ1) is 27.7. The predicted octanol–water partition coefficient (Wildman–Crippen LogP) is 3.02. The largest absolute Gasteiger partial charge is 0.493 e. The number of hydrazone groups is 1. The third-order valence-corrected chi connectivity index (χ3v) is 6.21. The second-order valence-electron chi connectivity index (χ2n) is 7.87. The fourth-order valence-electron chi connectivity index (χ4n) is 3.32. The van der Waals surface area contributed by atoms with E-state index in [0.717, 1.165) is 18.4 Å². The number of ether oxygens (including phenoxy) is 3. The van der Waals surface area contributed by atoms with Crippen molar-refractivity contribution in [1.82, 2.24) is 10.7 Å². The summed E-state index contributed by atoms with van der Waals surface area (Å²) in [4.78, 5) is 36.2. The maximum Gasteiger partial charge on any atom is 0.329 e. The number of halogens is 2. The van der Waals surface area contributed by atoms with E-state index in [4.69, 9.17) is 25.8 Å². The lowest BCUT2D eigenvalue weighted by atomic mass is 10.2. The molecule has 3 rings (SSSR count). The van der Waals surface area contributed by atoms with E-state index in [2.05, 4.69) is 21.2 Å². The molecule has 1 aliphatic heterocycles. The molecule has 1 aliphatic rings. The highest BCUT2D eigenvalue weighted by molar-refractivity contribution is 14.1. The van der Waals surface area contributed by atoms with Crippen LogP contribution in [0.2, 0.25) is 5.02 Å². The number of nitrogens with one attached hydrogen (secondary N) is 3. The highest BCUT2D eigenvalue weighted by atomic mass is 127. The van der Waals surface area contributed by atoms with E-state index in [-0.39, 0.29) is 25.2 Å². The van der Waals surface area contributed by atoms with Crippen molar-refractivity contribution in [2.75, 3.05) is 32.2 Å². The first-order chi connectivity index (χ1) is 17.3. The van der Waals surface area contributed by atoms with Crippen molar-refractivity contribution >= 4 is 63.8 Å². The van der Waals surface area contributed by atoms with Crippen LogP contribution in [-0.2, 0) is 19.1 Å². The van der Waals surface area contributed by atoms with Gasteiger partial charge in [0.05, 0.1) is 23.0 Å². The van der Waals surface area contributed by atoms with Gasteiger partial charge in [0, 0.05) is 23.9 Å². The average Bonchev–Trinajstić information content (AvgIpc) is 3.37. The van der Waals surface area contributed by atoms with Gasteiger partial charge >= 0.3 is 11.8 Å². The molecule has 0 radical (unpaired) electrons. The number of nitrogens with zero attached hydrogens (tertiary/aromatic N) is 1. The topological polar surface area (TPSA) is 127 Å². The van der Waals surface area contributed by atoms with E-state index in [0.29, 0.717) is 37.9 Å². The van der Waals surface area contributed by atoms with Crippen LogP contribution < -0.4 is 25.5 Å². The molecule has 0 aliphatic carbocycles. The highest BCUT2D eigenvalue weighted by Gasteiger charge is 2.19. The Morgan fingerprint density at radius 1 is 1.25 bits per heavy atom. The summed E-state index contributed by atoms with van der Waals surface area (Å²) in [7, 11) is 1.47. The average molecular weight is 629 g/mol. The lowest BCUT2D eigenvalue weighted by Gasteiger charge is -2.14. The maximum atomic E-state index is 12.4. The Kier molecular flexibility index (Phi) is 10.3. The minimum atomic E-state index is -0.883. The molecular weight excluding hydrogens is 603 g/mol. The smallest absolute Gasteiger partial charge is 0.329 e. The lowest BCUT2D eigenvalue weighted by molar-refractivity contribution is -0.139. The number of methoxy groups -OCH3 is 1. The molecule has 0 aromatic heterocycles. The molecular formula is C24H26ClIN4O6. The fourth-order valence-corrected chi connectivity index (χ4v) is 4.27. The van der Waals surface area contributed by atoms with Gasteiger partial charge in [-0.25, -0.2) is 5.43 Å². The monoisotopic (exact) mass is 628 g/mol. The molecule has 1 fully saturated rings. The Bertz CT molecular complexity index is 1150. The standard InChI is InChI=1S/C24H26ClIN4O6/c1-14-5-6-16(25)10-19(14)29-21(31)13-36-22-18(26)8-15(9-20(22)34-2)11-28-30-24(33)23(32)27-12-17-4-3-7-35-17/h5-6,8-11,17H,3-4,7,12-13H2,1-2H3,(H,27,32)(H,29,31)(H,30,33)/b28-11-/t17-/m1/s1. The highest BCUT2D eigenvalue weighted by Crippen LogP contribution is 2.33. The first-order valence-electron chi connectivity index (χ1n) is 11.1. The van der Waals surface area contributed by atoms with Crippen LogP contribution in [0.25, 0.3) is 0 Å². The second-order valence-corrected chi connectivity index (χ2v) is 9.47. The Morgan fingerprint density at radius 2 is 2.06 bits per heavy atom. The molecule has 1 atom stereocenters. The molecule has 0 saturated carbocycles. The van der Waals surface area contributed by atoms with E-state index in [1.165, 1.54) is 13.3 Å². The molecule has 2 aromatic rings. The minimum Gasteiger partial charge on any atom is -0.493 e. The molecule has 1 saturated heterocycles. The van der Waals surface area contributed by atoms with Crippen molar-refractivity contribution in [2.45, 2.75) is 25.9 Å². The quantitative estimate of drug-likeness (QED) is 0.170. The Balaban J connectivity index is 1.54. The number of benzene rings is 2. The van der Waals surface area contributed by atoms with Crippen molar-refractivity contribution in [1.29, 1.82) is 0 Å². The SMILES string of the molecule is COc1cc(/C=N\NC(=O)C(=O)NC[C@H]2CCCO2)cc(I)c1OCC(=O)Nc1cc(Cl)ccc1C.